The number of halogens is 1. The van der Waals surface area contributed by atoms with Crippen LogP contribution in [0, 0.1) is 0 Å². The summed E-state index contributed by atoms with van der Waals surface area (Å²) in [5.41, 5.74) is 2.94. The Balaban J connectivity index is 3.13. The van der Waals surface area contributed by atoms with Crippen LogP contribution in [0.25, 0.3) is 0 Å². The number of rotatable bonds is 4. The van der Waals surface area contributed by atoms with Crippen LogP contribution in [-0.2, 0) is 0 Å². The van der Waals surface area contributed by atoms with Gasteiger partial charge in [0, 0.05) is 17.0 Å². The van der Waals surface area contributed by atoms with Crippen LogP contribution < -0.4 is 0 Å². The lowest BCUT2D eigenvalue weighted by Gasteiger charge is -1.90. The molecule has 58 valence electrons. The highest BCUT2D eigenvalue weighted by Gasteiger charge is 1.80. The van der Waals surface area contributed by atoms with Gasteiger partial charge in [-0.1, -0.05) is 29.3 Å². The Morgan fingerprint density at radius 1 is 1.40 bits per heavy atom. The normalized spacial score (nSPS) is 10.3. The molecule has 0 amide bonds. The van der Waals surface area contributed by atoms with Gasteiger partial charge in [-0.3, -0.25) is 0 Å². The molecule has 2 heteroatoms. The van der Waals surface area contributed by atoms with Gasteiger partial charge in [-0.2, -0.15) is 11.8 Å². The summed E-state index contributed by atoms with van der Waals surface area (Å²) < 4.78 is 0. The van der Waals surface area contributed by atoms with Crippen molar-refractivity contribution in [1.29, 1.82) is 0 Å². The summed E-state index contributed by atoms with van der Waals surface area (Å²) in [6.07, 6.45) is 4.16. The summed E-state index contributed by atoms with van der Waals surface area (Å²) >= 11 is 7.19. The van der Waals surface area contributed by atoms with Crippen molar-refractivity contribution in [2.24, 2.45) is 0 Å². The molecule has 0 aromatic heterocycles. The maximum Gasteiger partial charge on any atom is 0.0128 e. The van der Waals surface area contributed by atoms with E-state index in [1.807, 2.05) is 17.8 Å². The molecule has 0 aliphatic heterocycles. The average molecular weight is 177 g/mol. The molecule has 0 aromatic carbocycles. The second-order valence-corrected chi connectivity index (χ2v) is 3.51. The molecule has 0 unspecified atom stereocenters. The lowest BCUT2D eigenvalue weighted by atomic mass is 10.3. The minimum atomic E-state index is 1.01. The molecule has 0 radical (unpaired) electrons. The fourth-order valence-corrected chi connectivity index (χ4v) is 1.41. The van der Waals surface area contributed by atoms with E-state index in [1.54, 1.807) is 5.54 Å². The highest BCUT2D eigenvalue weighted by atomic mass is 35.5. The lowest BCUT2D eigenvalue weighted by molar-refractivity contribution is 1.37. The molecule has 0 bridgehead atoms. The van der Waals surface area contributed by atoms with Crippen LogP contribution in [0.5, 0.6) is 0 Å². The summed E-state index contributed by atoms with van der Waals surface area (Å²) in [5.74, 6) is 2.09. The van der Waals surface area contributed by atoms with Crippen molar-refractivity contribution in [2.45, 2.75) is 13.8 Å². The molecule has 0 nitrogen and oxygen atoms in total. The molecule has 0 aliphatic rings. The van der Waals surface area contributed by atoms with Gasteiger partial charge in [-0.05, 0) is 13.8 Å². The SMILES string of the molecule is CC(C)=CCSC/C=C/Cl. The Bertz CT molecular complexity index is 123. The van der Waals surface area contributed by atoms with E-state index in [0.717, 1.165) is 11.5 Å². The second-order valence-electron chi connectivity index (χ2n) is 2.18. The molecule has 0 heterocycles. The zero-order valence-corrected chi connectivity index (χ0v) is 8.00. The van der Waals surface area contributed by atoms with Crippen LogP contribution in [0.3, 0.4) is 0 Å². The molecule has 0 fully saturated rings. The highest BCUT2D eigenvalue weighted by Crippen LogP contribution is 2.02. The summed E-state index contributed by atoms with van der Waals surface area (Å²) in [4.78, 5) is 0. The summed E-state index contributed by atoms with van der Waals surface area (Å²) in [7, 11) is 0. The minimum Gasteiger partial charge on any atom is -0.154 e. The molecule has 0 N–H and O–H groups in total. The molecule has 10 heavy (non-hydrogen) atoms. The molecule has 0 saturated heterocycles. The maximum absolute atomic E-state index is 5.33. The first-order chi connectivity index (χ1) is 4.77. The zero-order valence-electron chi connectivity index (χ0n) is 6.43. The topological polar surface area (TPSA) is 0 Å². The van der Waals surface area contributed by atoms with E-state index >= 15 is 0 Å². The maximum atomic E-state index is 5.33. The van der Waals surface area contributed by atoms with Crippen LogP contribution in [0.2, 0.25) is 0 Å². The summed E-state index contributed by atoms with van der Waals surface area (Å²) in [6.45, 7) is 4.22. The van der Waals surface area contributed by atoms with E-state index in [1.165, 1.54) is 5.57 Å². The van der Waals surface area contributed by atoms with Crippen molar-refractivity contribution in [3.63, 3.8) is 0 Å². The van der Waals surface area contributed by atoms with Gasteiger partial charge >= 0.3 is 0 Å². The highest BCUT2D eigenvalue weighted by molar-refractivity contribution is 7.99. The van der Waals surface area contributed by atoms with Crippen molar-refractivity contribution in [3.8, 4) is 0 Å². The summed E-state index contributed by atoms with van der Waals surface area (Å²) in [6, 6.07) is 0. The Hall–Kier alpha value is 0.120. The van der Waals surface area contributed by atoms with E-state index in [2.05, 4.69) is 19.9 Å². The van der Waals surface area contributed by atoms with Gasteiger partial charge in [0.1, 0.15) is 0 Å². The Kier molecular flexibility index (Phi) is 7.32. The number of thioether (sulfide) groups is 1. The molecule has 0 atom stereocenters. The smallest absolute Gasteiger partial charge is 0.0128 e. The van der Waals surface area contributed by atoms with Crippen molar-refractivity contribution >= 4 is 23.4 Å². The zero-order chi connectivity index (χ0) is 7.82. The van der Waals surface area contributed by atoms with E-state index in [9.17, 15) is 0 Å². The van der Waals surface area contributed by atoms with E-state index in [0.29, 0.717) is 0 Å². The first kappa shape index (κ1) is 10.1. The first-order valence-corrected chi connectivity index (χ1v) is 4.83. The summed E-state index contributed by atoms with van der Waals surface area (Å²) in [5, 5.41) is 0. The minimum absolute atomic E-state index is 1.01. The largest absolute Gasteiger partial charge is 0.154 e. The predicted molar refractivity (Wildman–Crippen MR) is 51.7 cm³/mol. The number of hydrogen-bond donors (Lipinski definition) is 0. The predicted octanol–water partition coefficient (Wildman–Crippen LogP) is 3.44. The van der Waals surface area contributed by atoms with Crippen LogP contribution in [-0.4, -0.2) is 11.5 Å². The fourth-order valence-electron chi connectivity index (χ4n) is 0.398. The van der Waals surface area contributed by atoms with Crippen LogP contribution >= 0.6 is 23.4 Å². The first-order valence-electron chi connectivity index (χ1n) is 3.23. The third kappa shape index (κ3) is 8.12. The molecule has 0 saturated carbocycles. The molecule has 0 rings (SSSR count). The van der Waals surface area contributed by atoms with Gasteiger partial charge in [0.25, 0.3) is 0 Å². The van der Waals surface area contributed by atoms with Crippen molar-refractivity contribution < 1.29 is 0 Å². The quantitative estimate of drug-likeness (QED) is 0.467. The number of hydrogen-bond acceptors (Lipinski definition) is 1. The van der Waals surface area contributed by atoms with Crippen molar-refractivity contribution in [3.05, 3.63) is 23.3 Å². The average Bonchev–Trinajstić information content (AvgIpc) is 1.87. The Morgan fingerprint density at radius 3 is 2.60 bits per heavy atom. The van der Waals surface area contributed by atoms with Gasteiger partial charge in [-0.15, -0.1) is 0 Å². The molecule has 0 aromatic rings. The van der Waals surface area contributed by atoms with Crippen LogP contribution in [0.15, 0.2) is 23.3 Å². The molecular formula is C8H13ClS. The van der Waals surface area contributed by atoms with Crippen molar-refractivity contribution in [1.82, 2.24) is 0 Å². The monoisotopic (exact) mass is 176 g/mol. The molecule has 0 spiro atoms. The second kappa shape index (κ2) is 7.23. The fraction of sp³-hybridized carbons (Fsp3) is 0.500. The van der Waals surface area contributed by atoms with Crippen LogP contribution in [0.4, 0.5) is 0 Å². The van der Waals surface area contributed by atoms with Gasteiger partial charge in [0.15, 0.2) is 0 Å². The van der Waals surface area contributed by atoms with E-state index in [-0.39, 0.29) is 0 Å². The van der Waals surface area contributed by atoms with Gasteiger partial charge in [0.2, 0.25) is 0 Å². The molecule has 0 aliphatic carbocycles. The van der Waals surface area contributed by atoms with Gasteiger partial charge in [0.05, 0.1) is 0 Å². The van der Waals surface area contributed by atoms with E-state index in [4.69, 9.17) is 11.6 Å². The van der Waals surface area contributed by atoms with E-state index < -0.39 is 0 Å². The Labute approximate surface area is 72.3 Å². The third-order valence-electron chi connectivity index (χ3n) is 0.913. The standard InChI is InChI=1S/C8H13ClS/c1-8(2)4-7-10-6-3-5-9/h3-5H,6-7H2,1-2H3/b5-3+. The lowest BCUT2D eigenvalue weighted by Crippen LogP contribution is -1.74. The third-order valence-corrected chi connectivity index (χ3v) is 1.92. The molecular weight excluding hydrogens is 164 g/mol. The van der Waals surface area contributed by atoms with Gasteiger partial charge in [-0.25, -0.2) is 0 Å². The van der Waals surface area contributed by atoms with Gasteiger partial charge < -0.3 is 0 Å². The van der Waals surface area contributed by atoms with Crippen LogP contribution in [0.1, 0.15) is 13.8 Å². The Morgan fingerprint density at radius 2 is 2.10 bits per heavy atom. The van der Waals surface area contributed by atoms with Crippen molar-refractivity contribution in [2.75, 3.05) is 11.5 Å². The number of allylic oxidation sites excluding steroid dienone is 1.